The van der Waals surface area contributed by atoms with Crippen LogP contribution in [0.3, 0.4) is 0 Å². The third-order valence-corrected chi connectivity index (χ3v) is 5.91. The molecule has 0 unspecified atom stereocenters. The van der Waals surface area contributed by atoms with Gasteiger partial charge >= 0.3 is 6.03 Å². The summed E-state index contributed by atoms with van der Waals surface area (Å²) < 4.78 is 0. The molecule has 0 radical (unpaired) electrons. The van der Waals surface area contributed by atoms with Gasteiger partial charge in [-0.15, -0.1) is 0 Å². The molecule has 2 aromatic carbocycles. The first kappa shape index (κ1) is 23.6. The van der Waals surface area contributed by atoms with Gasteiger partial charge in [-0.2, -0.15) is 5.10 Å². The number of nitrogens with zero attached hydrogens (tertiary/aromatic N) is 3. The van der Waals surface area contributed by atoms with Crippen molar-refractivity contribution in [1.82, 2.24) is 20.6 Å². The Bertz CT molecular complexity index is 1200. The minimum Gasteiger partial charge on any atom is -0.507 e. The summed E-state index contributed by atoms with van der Waals surface area (Å²) in [6, 6.07) is 9.97. The number of hydrazone groups is 1. The Morgan fingerprint density at radius 3 is 2.79 bits per heavy atom. The third kappa shape index (κ3) is 5.86. The number of hydrogen-bond acceptors (Lipinski definition) is 7. The second-order valence-electron chi connectivity index (χ2n) is 8.06. The molecule has 3 aromatic rings. The van der Waals surface area contributed by atoms with Crippen molar-refractivity contribution in [3.8, 4) is 11.5 Å². The van der Waals surface area contributed by atoms with Crippen LogP contribution in [0.15, 0.2) is 47.7 Å². The van der Waals surface area contributed by atoms with Gasteiger partial charge in [-0.3, -0.25) is 9.88 Å². The van der Waals surface area contributed by atoms with Gasteiger partial charge in [0.15, 0.2) is 0 Å². The van der Waals surface area contributed by atoms with Crippen LogP contribution in [0.5, 0.6) is 11.5 Å². The van der Waals surface area contributed by atoms with Crippen LogP contribution < -0.4 is 16.1 Å². The van der Waals surface area contributed by atoms with Crippen LogP contribution in [-0.4, -0.2) is 58.5 Å². The Morgan fingerprint density at radius 1 is 1.15 bits per heavy atom. The van der Waals surface area contributed by atoms with Crippen molar-refractivity contribution < 1.29 is 15.0 Å². The first-order valence-electron chi connectivity index (χ1n) is 11.1. The highest BCUT2D eigenvalue weighted by Gasteiger charge is 2.18. The number of amides is 2. The second kappa shape index (κ2) is 11.0. The number of rotatable bonds is 8. The van der Waals surface area contributed by atoms with Gasteiger partial charge in [0.25, 0.3) is 0 Å². The highest BCUT2D eigenvalue weighted by molar-refractivity contribution is 6.31. The fraction of sp³-hybridized carbons (Fsp3) is 0.292. The van der Waals surface area contributed by atoms with E-state index in [1.807, 2.05) is 18.2 Å². The summed E-state index contributed by atoms with van der Waals surface area (Å²) in [6.07, 6.45) is 5.29. The van der Waals surface area contributed by atoms with Gasteiger partial charge in [0.05, 0.1) is 17.3 Å². The molecule has 4 rings (SSSR count). The van der Waals surface area contributed by atoms with Crippen LogP contribution in [0.4, 0.5) is 10.5 Å². The Hall–Kier alpha value is -3.56. The van der Waals surface area contributed by atoms with E-state index in [1.54, 1.807) is 18.3 Å². The van der Waals surface area contributed by atoms with Gasteiger partial charge in [0.2, 0.25) is 0 Å². The number of fused-ring (bicyclic) bond motifs is 1. The number of halogens is 1. The number of pyridine rings is 1. The SMILES string of the molecule is O=C(NCCNc1ccnc2cc(Cl)ccc12)N/N=C/c1ccc(O)c(CN2CCCC2)c1O. The lowest BCUT2D eigenvalue weighted by molar-refractivity contribution is 0.242. The Kier molecular flexibility index (Phi) is 7.66. The van der Waals surface area contributed by atoms with Crippen molar-refractivity contribution >= 4 is 40.4 Å². The van der Waals surface area contributed by atoms with Crippen molar-refractivity contribution in [2.45, 2.75) is 19.4 Å². The van der Waals surface area contributed by atoms with Gasteiger partial charge in [-0.1, -0.05) is 11.6 Å². The third-order valence-electron chi connectivity index (χ3n) is 5.67. The quantitative estimate of drug-likeness (QED) is 0.190. The van der Waals surface area contributed by atoms with E-state index in [0.717, 1.165) is 42.5 Å². The number of aromatic nitrogens is 1. The second-order valence-corrected chi connectivity index (χ2v) is 8.49. The fourth-order valence-electron chi connectivity index (χ4n) is 3.92. The van der Waals surface area contributed by atoms with Gasteiger partial charge in [-0.05, 0) is 62.3 Å². The van der Waals surface area contributed by atoms with Crippen LogP contribution in [0.1, 0.15) is 24.0 Å². The summed E-state index contributed by atoms with van der Waals surface area (Å²) in [4.78, 5) is 18.5. The summed E-state index contributed by atoms with van der Waals surface area (Å²) in [6.45, 7) is 3.22. The predicted molar refractivity (Wildman–Crippen MR) is 134 cm³/mol. The number of carbonyl (C=O) groups excluding carboxylic acids is 1. The van der Waals surface area contributed by atoms with E-state index in [-0.39, 0.29) is 11.5 Å². The predicted octanol–water partition coefficient (Wildman–Crippen LogP) is 3.64. The zero-order valence-electron chi connectivity index (χ0n) is 18.6. The van der Waals surface area contributed by atoms with E-state index < -0.39 is 6.03 Å². The molecule has 10 heteroatoms. The number of likely N-dealkylation sites (tertiary alicyclic amines) is 1. The number of phenols is 2. The van der Waals surface area contributed by atoms with Crippen LogP contribution in [0.2, 0.25) is 5.02 Å². The molecule has 0 atom stereocenters. The first-order valence-corrected chi connectivity index (χ1v) is 11.5. The molecule has 1 aliphatic rings. The number of aromatic hydroxyl groups is 2. The number of urea groups is 1. The maximum Gasteiger partial charge on any atom is 0.335 e. The number of carbonyl (C=O) groups is 1. The molecule has 0 spiro atoms. The summed E-state index contributed by atoms with van der Waals surface area (Å²) >= 11 is 6.02. The maximum atomic E-state index is 12.0. The molecule has 1 aromatic heterocycles. The standard InChI is InChI=1S/C24H27ClN6O3/c25-17-4-5-18-20(7-8-26-21(18)13-17)27-9-10-28-24(34)30-29-14-16-3-6-22(32)19(23(16)33)15-31-11-1-2-12-31/h3-8,13-14,32-33H,1-2,9-12,15H2,(H,26,27)(H2,28,30,34)/b29-14+. The molecule has 34 heavy (non-hydrogen) atoms. The zero-order chi connectivity index (χ0) is 23.9. The monoisotopic (exact) mass is 482 g/mol. The summed E-state index contributed by atoms with van der Waals surface area (Å²) in [5.41, 5.74) is 4.95. The Morgan fingerprint density at radius 2 is 1.97 bits per heavy atom. The van der Waals surface area contributed by atoms with Crippen molar-refractivity contribution in [3.05, 3.63) is 58.7 Å². The van der Waals surface area contributed by atoms with E-state index in [4.69, 9.17) is 11.6 Å². The van der Waals surface area contributed by atoms with Crippen LogP contribution in [0, 0.1) is 0 Å². The van der Waals surface area contributed by atoms with Gasteiger partial charge in [-0.25, -0.2) is 10.2 Å². The fourth-order valence-corrected chi connectivity index (χ4v) is 4.08. The summed E-state index contributed by atoms with van der Waals surface area (Å²) in [5, 5.41) is 32.1. The highest BCUT2D eigenvalue weighted by atomic mass is 35.5. The Balaban J connectivity index is 1.25. The molecule has 2 heterocycles. The molecule has 1 saturated heterocycles. The van der Waals surface area contributed by atoms with E-state index >= 15 is 0 Å². The van der Waals surface area contributed by atoms with Crippen molar-refractivity contribution in [3.63, 3.8) is 0 Å². The summed E-state index contributed by atoms with van der Waals surface area (Å²) in [5.74, 6) is 0.0118. The number of anilines is 1. The van der Waals surface area contributed by atoms with E-state index in [2.05, 4.69) is 31.0 Å². The van der Waals surface area contributed by atoms with Crippen LogP contribution in [-0.2, 0) is 6.54 Å². The van der Waals surface area contributed by atoms with Crippen LogP contribution in [0.25, 0.3) is 10.9 Å². The number of benzene rings is 2. The average molecular weight is 483 g/mol. The summed E-state index contributed by atoms with van der Waals surface area (Å²) in [7, 11) is 0. The van der Waals surface area contributed by atoms with E-state index in [9.17, 15) is 15.0 Å². The van der Waals surface area contributed by atoms with Crippen molar-refractivity contribution in [1.29, 1.82) is 0 Å². The van der Waals surface area contributed by atoms with Crippen molar-refractivity contribution in [2.75, 3.05) is 31.5 Å². The molecule has 1 aliphatic heterocycles. The lowest BCUT2D eigenvalue weighted by atomic mass is 10.1. The van der Waals surface area contributed by atoms with Gasteiger partial charge in [0, 0.05) is 47.5 Å². The molecular formula is C24H27ClN6O3. The molecule has 178 valence electrons. The lowest BCUT2D eigenvalue weighted by Gasteiger charge is -2.17. The number of nitrogens with one attached hydrogen (secondary N) is 3. The molecule has 5 N–H and O–H groups in total. The molecule has 0 bridgehead atoms. The lowest BCUT2D eigenvalue weighted by Crippen LogP contribution is -2.35. The molecule has 1 fully saturated rings. The maximum absolute atomic E-state index is 12.0. The van der Waals surface area contributed by atoms with Crippen molar-refractivity contribution in [2.24, 2.45) is 5.10 Å². The molecule has 2 amide bonds. The first-order chi connectivity index (χ1) is 16.5. The minimum atomic E-state index is -0.472. The van der Waals surface area contributed by atoms with E-state index in [0.29, 0.717) is 35.8 Å². The highest BCUT2D eigenvalue weighted by Crippen LogP contribution is 2.31. The molecule has 0 saturated carbocycles. The van der Waals surface area contributed by atoms with Gasteiger partial charge in [0.1, 0.15) is 11.5 Å². The van der Waals surface area contributed by atoms with E-state index in [1.165, 1.54) is 12.3 Å². The normalized spacial score (nSPS) is 14.0. The molecular weight excluding hydrogens is 456 g/mol. The molecule has 0 aliphatic carbocycles. The Labute approximate surface area is 202 Å². The topological polar surface area (TPSA) is 122 Å². The van der Waals surface area contributed by atoms with Crippen LogP contribution >= 0.6 is 11.6 Å². The molecule has 9 nitrogen and oxygen atoms in total. The smallest absolute Gasteiger partial charge is 0.335 e. The number of hydrogen-bond donors (Lipinski definition) is 5. The minimum absolute atomic E-state index is 0.0343. The zero-order valence-corrected chi connectivity index (χ0v) is 19.3. The number of phenolic OH excluding ortho intramolecular Hbond substituents is 2. The largest absolute Gasteiger partial charge is 0.507 e. The van der Waals surface area contributed by atoms with Gasteiger partial charge < -0.3 is 20.8 Å². The average Bonchev–Trinajstić information content (AvgIpc) is 3.34.